The first kappa shape index (κ1) is 22.6. The van der Waals surface area contributed by atoms with Crippen molar-refractivity contribution in [1.82, 2.24) is 9.88 Å². The van der Waals surface area contributed by atoms with Crippen LogP contribution in [0.3, 0.4) is 0 Å². The molecule has 33 heavy (non-hydrogen) atoms. The zero-order valence-corrected chi connectivity index (χ0v) is 19.0. The van der Waals surface area contributed by atoms with Crippen LogP contribution in [0.2, 0.25) is 5.02 Å². The number of benzene rings is 2. The molecule has 1 atom stereocenters. The number of halogens is 1. The van der Waals surface area contributed by atoms with Gasteiger partial charge in [0.1, 0.15) is 11.5 Å². The number of aliphatic hydroxyl groups excluding tert-OH is 1. The monoisotopic (exact) mass is 462 g/mol. The van der Waals surface area contributed by atoms with Crippen LogP contribution in [0.15, 0.2) is 72.6 Å². The maximum absolute atomic E-state index is 13.2. The largest absolute Gasteiger partial charge is 0.507 e. The number of hydrogen-bond acceptors (Lipinski definition) is 5. The molecule has 3 aromatic rings. The molecule has 1 fully saturated rings. The Balaban J connectivity index is 1.88. The molecule has 1 aliphatic rings. The molecule has 168 valence electrons. The van der Waals surface area contributed by atoms with E-state index >= 15 is 0 Å². The van der Waals surface area contributed by atoms with Gasteiger partial charge >= 0.3 is 0 Å². The molecule has 1 aromatic heterocycles. The predicted octanol–water partition coefficient (Wildman–Crippen LogP) is 5.06. The summed E-state index contributed by atoms with van der Waals surface area (Å²) in [4.78, 5) is 31.9. The lowest BCUT2D eigenvalue weighted by Gasteiger charge is -2.26. The molecule has 0 spiro atoms. The van der Waals surface area contributed by atoms with Crippen molar-refractivity contribution in [3.63, 3.8) is 0 Å². The highest BCUT2D eigenvalue weighted by Gasteiger charge is 2.46. The smallest absolute Gasteiger partial charge is 0.295 e. The molecule has 0 aliphatic carbocycles. The zero-order valence-electron chi connectivity index (χ0n) is 18.3. The molecule has 0 saturated carbocycles. The molecular formula is C26H23ClN2O4. The van der Waals surface area contributed by atoms with Crippen molar-refractivity contribution in [1.29, 1.82) is 0 Å². The molecule has 4 rings (SSSR count). The van der Waals surface area contributed by atoms with Gasteiger partial charge in [-0.05, 0) is 54.8 Å². The number of aromatic nitrogens is 1. The fourth-order valence-electron chi connectivity index (χ4n) is 4.02. The van der Waals surface area contributed by atoms with Gasteiger partial charge in [-0.2, -0.15) is 0 Å². The summed E-state index contributed by atoms with van der Waals surface area (Å²) >= 11 is 6.19. The second kappa shape index (κ2) is 9.46. The number of aliphatic hydroxyl groups is 1. The molecule has 0 radical (unpaired) electrons. The Morgan fingerprint density at radius 3 is 2.64 bits per heavy atom. The van der Waals surface area contributed by atoms with Crippen molar-refractivity contribution in [2.75, 3.05) is 6.61 Å². The predicted molar refractivity (Wildman–Crippen MR) is 126 cm³/mol. The van der Waals surface area contributed by atoms with E-state index in [2.05, 4.69) is 4.98 Å². The summed E-state index contributed by atoms with van der Waals surface area (Å²) in [7, 11) is 0. The summed E-state index contributed by atoms with van der Waals surface area (Å²) in [6.07, 6.45) is 3.30. The first-order chi connectivity index (χ1) is 15.9. The first-order valence-electron chi connectivity index (χ1n) is 10.6. The topological polar surface area (TPSA) is 79.7 Å². The highest BCUT2D eigenvalue weighted by atomic mass is 35.5. The van der Waals surface area contributed by atoms with E-state index in [1.807, 2.05) is 44.2 Å². The van der Waals surface area contributed by atoms with E-state index in [0.717, 1.165) is 16.7 Å². The van der Waals surface area contributed by atoms with Gasteiger partial charge < -0.3 is 14.7 Å². The van der Waals surface area contributed by atoms with E-state index in [9.17, 15) is 14.7 Å². The second-order valence-corrected chi connectivity index (χ2v) is 8.13. The van der Waals surface area contributed by atoms with Crippen LogP contribution in [-0.4, -0.2) is 33.3 Å². The van der Waals surface area contributed by atoms with E-state index < -0.39 is 17.7 Å². The van der Waals surface area contributed by atoms with Crippen LogP contribution in [-0.2, 0) is 16.1 Å². The SMILES string of the molecule is CCOc1cc(/C(O)=C2\C(=O)C(=O)N(Cc3cccnc3)C2c2ccccc2C)ccc1Cl. The summed E-state index contributed by atoms with van der Waals surface area (Å²) in [6.45, 7) is 4.31. The number of nitrogens with zero attached hydrogens (tertiary/aromatic N) is 2. The van der Waals surface area contributed by atoms with Crippen LogP contribution in [0, 0.1) is 6.92 Å². The Kier molecular flexibility index (Phi) is 6.47. The lowest BCUT2D eigenvalue weighted by atomic mass is 9.92. The Labute approximate surface area is 197 Å². The quantitative estimate of drug-likeness (QED) is 0.314. The number of likely N-dealkylation sites (tertiary alicyclic amines) is 1. The molecule has 6 nitrogen and oxygen atoms in total. The Hall–Kier alpha value is -3.64. The van der Waals surface area contributed by atoms with Crippen LogP contribution in [0.5, 0.6) is 5.75 Å². The van der Waals surface area contributed by atoms with Gasteiger partial charge in [0, 0.05) is 24.5 Å². The Morgan fingerprint density at radius 1 is 1.15 bits per heavy atom. The van der Waals surface area contributed by atoms with Gasteiger partial charge in [-0.3, -0.25) is 14.6 Å². The summed E-state index contributed by atoms with van der Waals surface area (Å²) in [5.74, 6) is -1.29. The fraction of sp³-hybridized carbons (Fsp3) is 0.192. The molecule has 1 saturated heterocycles. The van der Waals surface area contributed by atoms with E-state index in [1.54, 1.807) is 36.7 Å². The number of pyridine rings is 1. The van der Waals surface area contributed by atoms with Crippen LogP contribution in [0.25, 0.3) is 5.76 Å². The van der Waals surface area contributed by atoms with E-state index in [4.69, 9.17) is 16.3 Å². The summed E-state index contributed by atoms with van der Waals surface area (Å²) in [6, 6.07) is 15.1. The van der Waals surface area contributed by atoms with Crippen LogP contribution in [0.4, 0.5) is 0 Å². The normalized spacial score (nSPS) is 17.4. The van der Waals surface area contributed by atoms with Gasteiger partial charge in [0.2, 0.25) is 0 Å². The number of rotatable bonds is 6. The number of aryl methyl sites for hydroxylation is 1. The maximum atomic E-state index is 13.2. The van der Waals surface area contributed by atoms with Gasteiger partial charge in [-0.15, -0.1) is 0 Å². The number of ketones is 1. The van der Waals surface area contributed by atoms with Crippen molar-refractivity contribution in [2.24, 2.45) is 0 Å². The van der Waals surface area contributed by atoms with Crippen LogP contribution < -0.4 is 4.74 Å². The third kappa shape index (κ3) is 4.34. The average molecular weight is 463 g/mol. The highest BCUT2D eigenvalue weighted by molar-refractivity contribution is 6.46. The highest BCUT2D eigenvalue weighted by Crippen LogP contribution is 2.42. The first-order valence-corrected chi connectivity index (χ1v) is 11.0. The molecular weight excluding hydrogens is 440 g/mol. The van der Waals surface area contributed by atoms with Gasteiger partial charge in [0.05, 0.1) is 23.2 Å². The van der Waals surface area contributed by atoms with Crippen LogP contribution >= 0.6 is 11.6 Å². The number of ether oxygens (including phenoxy) is 1. The molecule has 1 N–H and O–H groups in total. The lowest BCUT2D eigenvalue weighted by Crippen LogP contribution is -2.29. The number of hydrogen-bond donors (Lipinski definition) is 1. The Morgan fingerprint density at radius 2 is 1.94 bits per heavy atom. The van der Waals surface area contributed by atoms with Gasteiger partial charge in [0.25, 0.3) is 11.7 Å². The number of Topliss-reactive ketones (excluding diaryl/α,β-unsaturated/α-hetero) is 1. The Bertz CT molecular complexity index is 1240. The third-order valence-corrected chi connectivity index (χ3v) is 5.92. The molecule has 1 unspecified atom stereocenters. The minimum atomic E-state index is -0.752. The van der Waals surface area contributed by atoms with Gasteiger partial charge in [0.15, 0.2) is 0 Å². The fourth-order valence-corrected chi connectivity index (χ4v) is 4.19. The molecule has 7 heteroatoms. The van der Waals surface area contributed by atoms with Gasteiger partial charge in [-0.1, -0.05) is 41.9 Å². The number of carbonyl (C=O) groups is 2. The summed E-state index contributed by atoms with van der Waals surface area (Å²) in [5, 5.41) is 11.7. The van der Waals surface area contributed by atoms with Crippen molar-refractivity contribution >= 4 is 29.1 Å². The minimum absolute atomic E-state index is 0.0305. The molecule has 2 aromatic carbocycles. The van der Waals surface area contributed by atoms with E-state index in [1.165, 1.54) is 4.90 Å². The number of carbonyl (C=O) groups excluding carboxylic acids is 2. The summed E-state index contributed by atoms with van der Waals surface area (Å²) < 4.78 is 5.53. The van der Waals surface area contributed by atoms with Gasteiger partial charge in [-0.25, -0.2) is 0 Å². The summed E-state index contributed by atoms with van der Waals surface area (Å²) in [5.41, 5.74) is 2.82. The average Bonchev–Trinajstić information content (AvgIpc) is 3.06. The third-order valence-electron chi connectivity index (χ3n) is 5.60. The van der Waals surface area contributed by atoms with Crippen molar-refractivity contribution < 1.29 is 19.4 Å². The number of amides is 1. The van der Waals surface area contributed by atoms with E-state index in [0.29, 0.717) is 22.9 Å². The molecule has 1 amide bonds. The lowest BCUT2D eigenvalue weighted by molar-refractivity contribution is -0.140. The van der Waals surface area contributed by atoms with Crippen molar-refractivity contribution in [3.05, 3.63) is 99.8 Å². The second-order valence-electron chi connectivity index (χ2n) is 7.72. The molecule has 0 bridgehead atoms. The standard InChI is InChI=1S/C26H23ClN2O4/c1-3-33-21-13-18(10-11-20(21)27)24(30)22-23(19-9-5-4-7-16(19)2)29(26(32)25(22)31)15-17-8-6-12-28-14-17/h4-14,23,30H,3,15H2,1-2H3/b24-22+. The van der Waals surface area contributed by atoms with Crippen molar-refractivity contribution in [2.45, 2.75) is 26.4 Å². The van der Waals surface area contributed by atoms with E-state index in [-0.39, 0.29) is 17.9 Å². The van der Waals surface area contributed by atoms with Crippen molar-refractivity contribution in [3.8, 4) is 5.75 Å². The minimum Gasteiger partial charge on any atom is -0.507 e. The molecule has 1 aliphatic heterocycles. The molecule has 2 heterocycles. The van der Waals surface area contributed by atoms with Crippen LogP contribution in [0.1, 0.15) is 35.2 Å². The zero-order chi connectivity index (χ0) is 23.5. The maximum Gasteiger partial charge on any atom is 0.295 e.